The highest BCUT2D eigenvalue weighted by Crippen LogP contribution is 2.32. The molecule has 0 bridgehead atoms. The van der Waals surface area contributed by atoms with Gasteiger partial charge in [0.05, 0.1) is 5.56 Å². The maximum atomic E-state index is 13.2. The van der Waals surface area contributed by atoms with Gasteiger partial charge in [0.15, 0.2) is 29.2 Å². The van der Waals surface area contributed by atoms with Crippen molar-refractivity contribution in [3.8, 4) is 11.5 Å². The number of halogens is 2. The van der Waals surface area contributed by atoms with Crippen molar-refractivity contribution in [2.24, 2.45) is 0 Å². The van der Waals surface area contributed by atoms with Crippen molar-refractivity contribution in [1.82, 2.24) is 0 Å². The van der Waals surface area contributed by atoms with Gasteiger partial charge < -0.3 is 19.5 Å². The number of carbonyl (C=O) groups excluding carboxylic acids is 2. The van der Waals surface area contributed by atoms with Crippen molar-refractivity contribution in [2.75, 3.05) is 18.5 Å². The van der Waals surface area contributed by atoms with Gasteiger partial charge in [-0.05, 0) is 37.3 Å². The molecule has 8 heteroatoms. The molecule has 0 saturated heterocycles. The Kier molecular flexibility index (Phi) is 5.01. The predicted molar refractivity (Wildman–Crippen MR) is 87.3 cm³/mol. The van der Waals surface area contributed by atoms with Gasteiger partial charge in [-0.15, -0.1) is 0 Å². The van der Waals surface area contributed by atoms with E-state index in [0.717, 1.165) is 12.1 Å². The third-order valence-corrected chi connectivity index (χ3v) is 3.62. The van der Waals surface area contributed by atoms with Gasteiger partial charge in [0, 0.05) is 11.8 Å². The number of hydrogen-bond acceptors (Lipinski definition) is 5. The first-order valence-corrected chi connectivity index (χ1v) is 7.80. The molecular weight excluding hydrogens is 348 g/mol. The van der Waals surface area contributed by atoms with Crippen LogP contribution in [0.25, 0.3) is 0 Å². The number of amides is 1. The molecule has 1 N–H and O–H groups in total. The zero-order valence-corrected chi connectivity index (χ0v) is 13.8. The summed E-state index contributed by atoms with van der Waals surface area (Å²) in [5, 5.41) is 2.58. The van der Waals surface area contributed by atoms with Crippen molar-refractivity contribution in [2.45, 2.75) is 13.0 Å². The summed E-state index contributed by atoms with van der Waals surface area (Å²) in [6.45, 7) is 2.23. The summed E-state index contributed by atoms with van der Waals surface area (Å²) in [4.78, 5) is 24.1. The number of ether oxygens (including phenoxy) is 3. The molecule has 1 aliphatic heterocycles. The maximum absolute atomic E-state index is 13.2. The zero-order valence-electron chi connectivity index (χ0n) is 13.8. The number of hydrogen-bond donors (Lipinski definition) is 1. The van der Waals surface area contributed by atoms with Gasteiger partial charge >= 0.3 is 5.97 Å². The molecule has 1 amide bonds. The van der Waals surface area contributed by atoms with Crippen LogP contribution in [-0.2, 0) is 9.53 Å². The van der Waals surface area contributed by atoms with E-state index in [-0.39, 0.29) is 5.56 Å². The standard InChI is InChI=1S/C18H15F2NO5/c1-10(26-18(23)11-2-4-13(19)14(20)8-11)17(22)21-12-3-5-15-16(9-12)25-7-6-24-15/h2-5,8-10H,6-7H2,1H3,(H,21,22). The van der Waals surface area contributed by atoms with Gasteiger partial charge in [-0.3, -0.25) is 4.79 Å². The van der Waals surface area contributed by atoms with E-state index in [4.69, 9.17) is 14.2 Å². The topological polar surface area (TPSA) is 73.9 Å². The van der Waals surface area contributed by atoms with E-state index in [2.05, 4.69) is 5.32 Å². The number of nitrogens with one attached hydrogen (secondary N) is 1. The molecule has 1 atom stereocenters. The van der Waals surface area contributed by atoms with Gasteiger partial charge in [-0.25, -0.2) is 13.6 Å². The number of carbonyl (C=O) groups is 2. The molecular formula is C18H15F2NO5. The Bertz CT molecular complexity index is 855. The first kappa shape index (κ1) is 17.7. The van der Waals surface area contributed by atoms with Crippen LogP contribution in [0.5, 0.6) is 11.5 Å². The molecule has 6 nitrogen and oxygen atoms in total. The molecule has 2 aromatic carbocycles. The molecule has 0 aliphatic carbocycles. The van der Waals surface area contributed by atoms with Gasteiger partial charge in [-0.1, -0.05) is 0 Å². The van der Waals surface area contributed by atoms with E-state index in [1.165, 1.54) is 6.92 Å². The van der Waals surface area contributed by atoms with Gasteiger partial charge in [-0.2, -0.15) is 0 Å². The normalized spacial score (nSPS) is 13.7. The summed E-state index contributed by atoms with van der Waals surface area (Å²) in [6, 6.07) is 7.47. The van der Waals surface area contributed by atoms with E-state index in [0.29, 0.717) is 36.5 Å². The number of fused-ring (bicyclic) bond motifs is 1. The average Bonchev–Trinajstić information content (AvgIpc) is 2.63. The summed E-state index contributed by atoms with van der Waals surface area (Å²) in [7, 11) is 0. The van der Waals surface area contributed by atoms with Crippen LogP contribution in [0.15, 0.2) is 36.4 Å². The monoisotopic (exact) mass is 363 g/mol. The second-order valence-corrected chi connectivity index (χ2v) is 5.52. The number of benzene rings is 2. The van der Waals surface area contributed by atoms with Crippen LogP contribution in [0, 0.1) is 11.6 Å². The molecule has 1 heterocycles. The minimum absolute atomic E-state index is 0.192. The van der Waals surface area contributed by atoms with Crippen LogP contribution in [0.3, 0.4) is 0 Å². The Balaban J connectivity index is 1.62. The van der Waals surface area contributed by atoms with E-state index < -0.39 is 29.6 Å². The largest absolute Gasteiger partial charge is 0.486 e. The molecule has 1 aliphatic rings. The summed E-state index contributed by atoms with van der Waals surface area (Å²) in [5.41, 5.74) is 0.248. The van der Waals surface area contributed by atoms with E-state index in [1.807, 2.05) is 0 Å². The Hall–Kier alpha value is -3.16. The molecule has 0 radical (unpaired) electrons. The second-order valence-electron chi connectivity index (χ2n) is 5.52. The van der Waals surface area contributed by atoms with Gasteiger partial charge in [0.2, 0.25) is 0 Å². The average molecular weight is 363 g/mol. The molecule has 3 rings (SSSR count). The Morgan fingerprint density at radius 3 is 2.50 bits per heavy atom. The Morgan fingerprint density at radius 2 is 1.77 bits per heavy atom. The van der Waals surface area contributed by atoms with Crippen LogP contribution in [-0.4, -0.2) is 31.2 Å². The van der Waals surface area contributed by atoms with E-state index >= 15 is 0 Å². The summed E-state index contributed by atoms with van der Waals surface area (Å²) >= 11 is 0. The summed E-state index contributed by atoms with van der Waals surface area (Å²) < 4.78 is 41.9. The van der Waals surface area contributed by atoms with Crippen molar-refractivity contribution in [1.29, 1.82) is 0 Å². The molecule has 2 aromatic rings. The number of esters is 1. The number of anilines is 1. The van der Waals surface area contributed by atoms with Gasteiger partial charge in [0.25, 0.3) is 5.91 Å². The van der Waals surface area contributed by atoms with Crippen LogP contribution < -0.4 is 14.8 Å². The highest BCUT2D eigenvalue weighted by Gasteiger charge is 2.21. The zero-order chi connectivity index (χ0) is 18.7. The Morgan fingerprint density at radius 1 is 1.04 bits per heavy atom. The lowest BCUT2D eigenvalue weighted by Gasteiger charge is -2.19. The third kappa shape index (κ3) is 3.90. The smallest absolute Gasteiger partial charge is 0.339 e. The van der Waals surface area contributed by atoms with Crippen molar-refractivity contribution in [3.63, 3.8) is 0 Å². The van der Waals surface area contributed by atoms with Gasteiger partial charge in [0.1, 0.15) is 13.2 Å². The van der Waals surface area contributed by atoms with Crippen LogP contribution >= 0.6 is 0 Å². The minimum atomic E-state index is -1.17. The summed E-state index contributed by atoms with van der Waals surface area (Å²) in [6.07, 6.45) is -1.15. The lowest BCUT2D eigenvalue weighted by Crippen LogP contribution is -2.30. The molecule has 0 aromatic heterocycles. The predicted octanol–water partition coefficient (Wildman–Crippen LogP) is 2.92. The molecule has 0 spiro atoms. The first-order valence-electron chi connectivity index (χ1n) is 7.80. The van der Waals surface area contributed by atoms with Crippen LogP contribution in [0.4, 0.5) is 14.5 Å². The first-order chi connectivity index (χ1) is 12.4. The van der Waals surface area contributed by atoms with Crippen LogP contribution in [0.1, 0.15) is 17.3 Å². The van der Waals surface area contributed by atoms with Crippen molar-refractivity contribution < 1.29 is 32.6 Å². The lowest BCUT2D eigenvalue weighted by atomic mass is 10.2. The van der Waals surface area contributed by atoms with Crippen LogP contribution in [0.2, 0.25) is 0 Å². The fraction of sp³-hybridized carbons (Fsp3) is 0.222. The number of rotatable bonds is 4. The molecule has 136 valence electrons. The van der Waals surface area contributed by atoms with Crippen molar-refractivity contribution in [3.05, 3.63) is 53.6 Å². The summed E-state index contributed by atoms with van der Waals surface area (Å²) in [5.74, 6) is -2.70. The maximum Gasteiger partial charge on any atom is 0.339 e. The van der Waals surface area contributed by atoms with E-state index in [9.17, 15) is 18.4 Å². The minimum Gasteiger partial charge on any atom is -0.486 e. The van der Waals surface area contributed by atoms with E-state index in [1.54, 1.807) is 18.2 Å². The molecule has 26 heavy (non-hydrogen) atoms. The molecule has 0 saturated carbocycles. The highest BCUT2D eigenvalue weighted by molar-refractivity contribution is 5.97. The lowest BCUT2D eigenvalue weighted by molar-refractivity contribution is -0.123. The van der Waals surface area contributed by atoms with Crippen molar-refractivity contribution >= 4 is 17.6 Å². The fourth-order valence-corrected chi connectivity index (χ4v) is 2.27. The molecule has 0 fully saturated rings. The Labute approximate surface area is 147 Å². The quantitative estimate of drug-likeness (QED) is 0.846. The molecule has 1 unspecified atom stereocenters. The SMILES string of the molecule is CC(OC(=O)c1ccc(F)c(F)c1)C(=O)Nc1ccc2c(c1)OCCO2. The second kappa shape index (κ2) is 7.38. The third-order valence-electron chi connectivity index (χ3n) is 3.62. The fourth-order valence-electron chi connectivity index (χ4n) is 2.27. The highest BCUT2D eigenvalue weighted by atomic mass is 19.2.